The van der Waals surface area contributed by atoms with Gasteiger partial charge in [-0.1, -0.05) is 70.4 Å². The molecule has 0 unspecified atom stereocenters. The van der Waals surface area contributed by atoms with E-state index in [1.807, 2.05) is 0 Å². The molecule has 0 saturated carbocycles. The molecule has 0 aliphatic heterocycles. The number of hydrogen-bond donors (Lipinski definition) is 4. The van der Waals surface area contributed by atoms with Crippen LogP contribution in [0.3, 0.4) is 0 Å². The van der Waals surface area contributed by atoms with Crippen molar-refractivity contribution >= 4 is 16.0 Å². The quantitative estimate of drug-likeness (QED) is 0.0893. The topological polar surface area (TPSA) is 127 Å². The van der Waals surface area contributed by atoms with Crippen LogP contribution < -0.4 is 5.32 Å². The van der Waals surface area contributed by atoms with Crippen LogP contribution in [0.25, 0.3) is 0 Å². The Kier molecular flexibility index (Phi) is 21.8. The van der Waals surface area contributed by atoms with Gasteiger partial charge in [0, 0.05) is 32.6 Å². The van der Waals surface area contributed by atoms with E-state index in [2.05, 4.69) is 24.4 Å². The Balaban J connectivity index is 3.66. The highest BCUT2D eigenvalue weighted by molar-refractivity contribution is 7.85. The van der Waals surface area contributed by atoms with Crippen molar-refractivity contribution in [3.05, 3.63) is 12.2 Å². The summed E-state index contributed by atoms with van der Waals surface area (Å²) in [5, 5.41) is 21.7. The molecule has 0 heterocycles. The Morgan fingerprint density at radius 3 is 2.03 bits per heavy atom. The summed E-state index contributed by atoms with van der Waals surface area (Å²) >= 11 is 0. The summed E-state index contributed by atoms with van der Waals surface area (Å²) in [7, 11) is -4.26. The first kappa shape index (κ1) is 33.0. The molecule has 0 spiro atoms. The summed E-state index contributed by atoms with van der Waals surface area (Å²) in [5.41, 5.74) is 0. The van der Waals surface area contributed by atoms with E-state index in [0.717, 1.165) is 25.7 Å². The number of nitrogens with zero attached hydrogens (tertiary/aromatic N) is 1. The summed E-state index contributed by atoms with van der Waals surface area (Å²) in [4.78, 5) is 13.6. The first-order valence-corrected chi connectivity index (χ1v) is 14.8. The van der Waals surface area contributed by atoms with Gasteiger partial charge in [0.25, 0.3) is 10.1 Å². The number of carbonyl (C=O) groups is 1. The maximum Gasteiger partial charge on any atom is 0.267 e. The SMILES string of the molecule is CCCCCCCC/C=C/CCCCCCCC(=O)NCCN(CCO)C[C@H](O)CS(=O)(=O)O. The van der Waals surface area contributed by atoms with E-state index in [1.165, 1.54) is 57.8 Å². The second-order valence-electron chi connectivity index (χ2n) is 9.11. The summed E-state index contributed by atoms with van der Waals surface area (Å²) in [6, 6.07) is 0. The van der Waals surface area contributed by atoms with E-state index in [0.29, 0.717) is 19.5 Å². The lowest BCUT2D eigenvalue weighted by molar-refractivity contribution is -0.121. The van der Waals surface area contributed by atoms with Crippen molar-refractivity contribution in [1.82, 2.24) is 10.2 Å². The number of rotatable bonds is 24. The highest BCUT2D eigenvalue weighted by Crippen LogP contribution is 2.10. The maximum atomic E-state index is 12.0. The van der Waals surface area contributed by atoms with Gasteiger partial charge < -0.3 is 15.5 Å². The molecule has 202 valence electrons. The summed E-state index contributed by atoms with van der Waals surface area (Å²) in [6.45, 7) is 3.05. The Bertz CT molecular complexity index is 613. The van der Waals surface area contributed by atoms with Gasteiger partial charge in [-0.05, 0) is 32.1 Å². The molecule has 0 fully saturated rings. The fraction of sp³-hybridized carbons (Fsp3) is 0.880. The molecule has 1 atom stereocenters. The predicted octanol–water partition coefficient (Wildman–Crippen LogP) is 3.68. The van der Waals surface area contributed by atoms with E-state index in [4.69, 9.17) is 9.66 Å². The number of aliphatic hydroxyl groups excluding tert-OH is 2. The Hall–Kier alpha value is -1.00. The minimum absolute atomic E-state index is 0.00947. The van der Waals surface area contributed by atoms with Crippen LogP contribution in [0.5, 0.6) is 0 Å². The third-order valence-electron chi connectivity index (χ3n) is 5.70. The van der Waals surface area contributed by atoms with Gasteiger partial charge in [-0.25, -0.2) is 0 Å². The molecule has 8 nitrogen and oxygen atoms in total. The summed E-state index contributed by atoms with van der Waals surface area (Å²) in [6.07, 6.45) is 19.6. The lowest BCUT2D eigenvalue weighted by Crippen LogP contribution is -2.42. The van der Waals surface area contributed by atoms with Gasteiger partial charge in [-0.2, -0.15) is 8.42 Å². The molecule has 0 bridgehead atoms. The first-order valence-electron chi connectivity index (χ1n) is 13.2. The van der Waals surface area contributed by atoms with Crippen LogP contribution >= 0.6 is 0 Å². The molecule has 0 aromatic carbocycles. The lowest BCUT2D eigenvalue weighted by Gasteiger charge is -2.23. The monoisotopic (exact) mass is 506 g/mol. The third kappa shape index (κ3) is 24.1. The standard InChI is InChI=1S/C25H50N2O6S/c1-2-3-4-5-6-7-8-9-10-11-12-13-14-15-16-17-25(30)26-18-19-27(20-21-28)22-24(29)23-34(31,32)33/h9-10,24,28-29H,2-8,11-23H2,1H3,(H,26,30)(H,31,32,33)/b10-9+/t24-/m0/s1. The van der Waals surface area contributed by atoms with E-state index in [1.54, 1.807) is 4.90 Å². The van der Waals surface area contributed by atoms with Gasteiger partial charge in [0.15, 0.2) is 0 Å². The highest BCUT2D eigenvalue weighted by Gasteiger charge is 2.17. The minimum atomic E-state index is -4.26. The molecular weight excluding hydrogens is 456 g/mol. The number of aliphatic hydroxyl groups is 2. The van der Waals surface area contributed by atoms with Crippen molar-refractivity contribution in [3.8, 4) is 0 Å². The number of allylic oxidation sites excluding steroid dienone is 2. The van der Waals surface area contributed by atoms with Gasteiger partial charge in [-0.3, -0.25) is 14.2 Å². The largest absolute Gasteiger partial charge is 0.395 e. The van der Waals surface area contributed by atoms with E-state index in [-0.39, 0.29) is 25.6 Å². The fourth-order valence-electron chi connectivity index (χ4n) is 3.83. The number of unbranched alkanes of at least 4 members (excludes halogenated alkanes) is 11. The minimum Gasteiger partial charge on any atom is -0.395 e. The average molecular weight is 507 g/mol. The van der Waals surface area contributed by atoms with Crippen LogP contribution in [0.2, 0.25) is 0 Å². The Labute approximate surface area is 207 Å². The van der Waals surface area contributed by atoms with Gasteiger partial charge in [0.05, 0.1) is 12.7 Å². The number of nitrogens with one attached hydrogen (secondary N) is 1. The van der Waals surface area contributed by atoms with Gasteiger partial charge in [-0.15, -0.1) is 0 Å². The number of carbonyl (C=O) groups excluding carboxylic acids is 1. The van der Waals surface area contributed by atoms with Crippen LogP contribution in [0, 0.1) is 0 Å². The van der Waals surface area contributed by atoms with E-state index < -0.39 is 22.0 Å². The molecule has 4 N–H and O–H groups in total. The summed E-state index contributed by atoms with van der Waals surface area (Å²) in [5.74, 6) is -0.781. The predicted molar refractivity (Wildman–Crippen MR) is 138 cm³/mol. The zero-order chi connectivity index (χ0) is 25.5. The molecule has 0 aliphatic rings. The summed E-state index contributed by atoms with van der Waals surface area (Å²) < 4.78 is 30.5. The van der Waals surface area contributed by atoms with Crippen LogP contribution in [0.4, 0.5) is 0 Å². The average Bonchev–Trinajstić information content (AvgIpc) is 2.75. The molecule has 0 rings (SSSR count). The molecule has 9 heteroatoms. The van der Waals surface area contributed by atoms with Crippen molar-refractivity contribution in [2.24, 2.45) is 0 Å². The van der Waals surface area contributed by atoms with Gasteiger partial charge in [0.2, 0.25) is 5.91 Å². The van der Waals surface area contributed by atoms with Crippen LogP contribution in [-0.2, 0) is 14.9 Å². The zero-order valence-electron chi connectivity index (χ0n) is 21.3. The van der Waals surface area contributed by atoms with Crippen LogP contribution in [0.15, 0.2) is 12.2 Å². The Morgan fingerprint density at radius 2 is 1.47 bits per heavy atom. The zero-order valence-corrected chi connectivity index (χ0v) is 22.1. The van der Waals surface area contributed by atoms with E-state index >= 15 is 0 Å². The van der Waals surface area contributed by atoms with Crippen molar-refractivity contribution in [3.63, 3.8) is 0 Å². The highest BCUT2D eigenvalue weighted by atomic mass is 32.2. The normalized spacial score (nSPS) is 13.1. The molecule has 1 amide bonds. The number of amides is 1. The molecule has 0 aliphatic carbocycles. The molecule has 0 saturated heterocycles. The number of hydrogen-bond acceptors (Lipinski definition) is 6. The van der Waals surface area contributed by atoms with Crippen molar-refractivity contribution in [1.29, 1.82) is 0 Å². The molecule has 34 heavy (non-hydrogen) atoms. The Morgan fingerprint density at radius 1 is 0.912 bits per heavy atom. The molecule has 0 aromatic heterocycles. The first-order chi connectivity index (χ1) is 16.3. The van der Waals surface area contributed by atoms with Crippen molar-refractivity contribution < 1.29 is 28.0 Å². The molecule has 0 aromatic rings. The van der Waals surface area contributed by atoms with Crippen molar-refractivity contribution in [2.75, 3.05) is 38.5 Å². The van der Waals surface area contributed by atoms with Crippen LogP contribution in [0.1, 0.15) is 96.8 Å². The third-order valence-corrected chi connectivity index (χ3v) is 6.51. The maximum absolute atomic E-state index is 12.0. The van der Waals surface area contributed by atoms with Gasteiger partial charge in [0.1, 0.15) is 5.75 Å². The van der Waals surface area contributed by atoms with Crippen molar-refractivity contribution in [2.45, 2.75) is 103 Å². The van der Waals surface area contributed by atoms with Gasteiger partial charge >= 0.3 is 0 Å². The van der Waals surface area contributed by atoms with E-state index in [9.17, 15) is 18.3 Å². The molecule has 0 radical (unpaired) electrons. The van der Waals surface area contributed by atoms with Crippen LogP contribution in [-0.4, -0.2) is 78.6 Å². The smallest absolute Gasteiger partial charge is 0.267 e. The fourth-order valence-corrected chi connectivity index (χ4v) is 4.42. The lowest BCUT2D eigenvalue weighted by atomic mass is 10.1. The second-order valence-corrected chi connectivity index (χ2v) is 10.6. The molecular formula is C25H50N2O6S. The second kappa shape index (κ2) is 22.5.